The van der Waals surface area contributed by atoms with Gasteiger partial charge in [0.05, 0.1) is 30.7 Å². The molecule has 2 heterocycles. The van der Waals surface area contributed by atoms with Crippen LogP contribution >= 0.6 is 23.2 Å². The molecule has 2 rings (SSSR count). The minimum Gasteiger partial charge on any atom is -0.382 e. The highest BCUT2D eigenvalue weighted by Gasteiger charge is 2.11. The highest BCUT2D eigenvalue weighted by molar-refractivity contribution is 6.31. The summed E-state index contributed by atoms with van der Waals surface area (Å²) in [4.78, 5) is 8.70. The summed E-state index contributed by atoms with van der Waals surface area (Å²) in [5.41, 5.74) is 1.52. The van der Waals surface area contributed by atoms with Crippen LogP contribution in [0.15, 0.2) is 12.3 Å². The summed E-state index contributed by atoms with van der Waals surface area (Å²) >= 11 is 11.8. The number of imidazole rings is 1. The molecule has 2 aromatic heterocycles. The Bertz CT molecular complexity index is 545. The van der Waals surface area contributed by atoms with Crippen LogP contribution in [-0.4, -0.2) is 41.5 Å². The molecule has 0 radical (unpaired) electrons. The average molecular weight is 304 g/mol. The van der Waals surface area contributed by atoms with Crippen LogP contribution in [0, 0.1) is 0 Å². The molecule has 0 amide bonds. The van der Waals surface area contributed by atoms with Crippen LogP contribution < -0.4 is 0 Å². The van der Waals surface area contributed by atoms with Crippen LogP contribution in [0.3, 0.4) is 0 Å². The second-order valence-corrected chi connectivity index (χ2v) is 4.62. The van der Waals surface area contributed by atoms with Crippen molar-refractivity contribution in [1.82, 2.24) is 14.5 Å². The molecular formula is C12H15Cl2N3O2. The first-order chi connectivity index (χ1) is 9.26. The summed E-state index contributed by atoms with van der Waals surface area (Å²) in [6.07, 6.45) is 1.60. The molecule has 19 heavy (non-hydrogen) atoms. The van der Waals surface area contributed by atoms with Crippen molar-refractivity contribution in [2.45, 2.75) is 12.4 Å². The first-order valence-electron chi connectivity index (χ1n) is 5.89. The molecular weight excluding hydrogens is 289 g/mol. The lowest BCUT2D eigenvalue weighted by Gasteiger charge is -2.07. The van der Waals surface area contributed by atoms with Gasteiger partial charge in [-0.3, -0.25) is 0 Å². The molecule has 0 saturated heterocycles. The minimum atomic E-state index is 0.325. The fourth-order valence-corrected chi connectivity index (χ4v) is 2.13. The maximum absolute atomic E-state index is 5.90. The summed E-state index contributed by atoms with van der Waals surface area (Å²) < 4.78 is 12.3. The number of nitrogens with zero attached hydrogens (tertiary/aromatic N) is 3. The lowest BCUT2D eigenvalue weighted by atomic mass is 10.4. The Hall–Kier alpha value is -0.880. The van der Waals surface area contributed by atoms with Gasteiger partial charge in [0.15, 0.2) is 5.65 Å². The molecule has 0 spiro atoms. The average Bonchev–Trinajstić information content (AvgIpc) is 2.75. The van der Waals surface area contributed by atoms with Gasteiger partial charge in [-0.1, -0.05) is 11.6 Å². The van der Waals surface area contributed by atoms with Crippen molar-refractivity contribution in [2.24, 2.45) is 0 Å². The second kappa shape index (κ2) is 7.05. The van der Waals surface area contributed by atoms with Gasteiger partial charge in [-0.05, 0) is 6.07 Å². The van der Waals surface area contributed by atoms with Gasteiger partial charge in [-0.2, -0.15) is 0 Å². The summed E-state index contributed by atoms with van der Waals surface area (Å²) in [5, 5.41) is 0.564. The van der Waals surface area contributed by atoms with Gasteiger partial charge >= 0.3 is 0 Å². The Morgan fingerprint density at radius 2 is 2.16 bits per heavy atom. The molecule has 0 aliphatic heterocycles. The maximum Gasteiger partial charge on any atom is 0.160 e. The molecule has 0 fully saturated rings. The molecule has 5 nitrogen and oxygen atoms in total. The number of fused-ring (bicyclic) bond motifs is 1. The Kier molecular flexibility index (Phi) is 5.39. The normalized spacial score (nSPS) is 11.3. The lowest BCUT2D eigenvalue weighted by molar-refractivity contribution is 0.0667. The van der Waals surface area contributed by atoms with Gasteiger partial charge < -0.3 is 14.0 Å². The van der Waals surface area contributed by atoms with E-state index in [0.29, 0.717) is 37.3 Å². The van der Waals surface area contributed by atoms with Crippen LogP contribution in [0.2, 0.25) is 5.02 Å². The number of methoxy groups -OCH3 is 1. The van der Waals surface area contributed by atoms with E-state index >= 15 is 0 Å². The number of hydrogen-bond donors (Lipinski definition) is 0. The van der Waals surface area contributed by atoms with Crippen molar-refractivity contribution in [3.8, 4) is 0 Å². The van der Waals surface area contributed by atoms with Crippen molar-refractivity contribution in [3.63, 3.8) is 0 Å². The number of halogens is 2. The summed E-state index contributed by atoms with van der Waals surface area (Å²) in [7, 11) is 1.64. The van der Waals surface area contributed by atoms with E-state index in [0.717, 1.165) is 17.0 Å². The third kappa shape index (κ3) is 3.57. The number of rotatable bonds is 7. The molecule has 0 bridgehead atoms. The fraction of sp³-hybridized carbons (Fsp3) is 0.500. The quantitative estimate of drug-likeness (QED) is 0.582. The first kappa shape index (κ1) is 14.5. The number of alkyl halides is 1. The molecule has 0 aliphatic rings. The van der Waals surface area contributed by atoms with Crippen molar-refractivity contribution in [2.75, 3.05) is 26.9 Å². The van der Waals surface area contributed by atoms with E-state index in [-0.39, 0.29) is 0 Å². The largest absolute Gasteiger partial charge is 0.382 e. The first-order valence-corrected chi connectivity index (χ1v) is 6.81. The topological polar surface area (TPSA) is 49.2 Å². The van der Waals surface area contributed by atoms with Gasteiger partial charge in [-0.15, -0.1) is 11.6 Å². The Morgan fingerprint density at radius 1 is 1.32 bits per heavy atom. The Labute approximate surface area is 121 Å². The van der Waals surface area contributed by atoms with Gasteiger partial charge in [0.2, 0.25) is 0 Å². The summed E-state index contributed by atoms with van der Waals surface area (Å²) in [6, 6.07) is 1.78. The van der Waals surface area contributed by atoms with Crippen LogP contribution in [-0.2, 0) is 21.9 Å². The zero-order chi connectivity index (χ0) is 13.7. The van der Waals surface area contributed by atoms with E-state index in [1.807, 2.05) is 4.57 Å². The highest BCUT2D eigenvalue weighted by Crippen LogP contribution is 2.19. The molecule has 0 saturated carbocycles. The van der Waals surface area contributed by atoms with E-state index in [1.165, 1.54) is 0 Å². The molecule has 104 valence electrons. The zero-order valence-corrected chi connectivity index (χ0v) is 12.1. The Morgan fingerprint density at radius 3 is 2.89 bits per heavy atom. The number of pyridine rings is 1. The summed E-state index contributed by atoms with van der Waals surface area (Å²) in [5.74, 6) is 1.09. The molecule has 7 heteroatoms. The number of aromatic nitrogens is 3. The van der Waals surface area contributed by atoms with E-state index in [2.05, 4.69) is 9.97 Å². The van der Waals surface area contributed by atoms with Crippen molar-refractivity contribution in [1.29, 1.82) is 0 Å². The van der Waals surface area contributed by atoms with Crippen molar-refractivity contribution >= 4 is 34.4 Å². The molecule has 0 unspecified atom stereocenters. The van der Waals surface area contributed by atoms with Crippen molar-refractivity contribution < 1.29 is 9.47 Å². The van der Waals surface area contributed by atoms with E-state index < -0.39 is 0 Å². The fourth-order valence-electron chi connectivity index (χ4n) is 1.77. The van der Waals surface area contributed by atoms with E-state index in [9.17, 15) is 0 Å². The smallest absolute Gasteiger partial charge is 0.160 e. The molecule has 0 aromatic carbocycles. The molecule has 0 atom stereocenters. The number of ether oxygens (including phenoxy) is 2. The van der Waals surface area contributed by atoms with Gasteiger partial charge in [0, 0.05) is 19.9 Å². The van der Waals surface area contributed by atoms with Crippen LogP contribution in [0.25, 0.3) is 11.2 Å². The van der Waals surface area contributed by atoms with Gasteiger partial charge in [-0.25, -0.2) is 9.97 Å². The minimum absolute atomic E-state index is 0.325. The van der Waals surface area contributed by atoms with Crippen molar-refractivity contribution in [3.05, 3.63) is 23.1 Å². The van der Waals surface area contributed by atoms with E-state index in [4.69, 9.17) is 32.7 Å². The lowest BCUT2D eigenvalue weighted by Crippen LogP contribution is -2.11. The molecule has 0 aliphatic carbocycles. The standard InChI is InChI=1S/C12H15Cl2N3O2/c1-18-4-5-19-3-2-17-11(7-13)16-10-6-9(14)8-15-12(10)17/h6,8H,2-5,7H2,1H3. The summed E-state index contributed by atoms with van der Waals surface area (Å²) in [6.45, 7) is 2.36. The monoisotopic (exact) mass is 303 g/mol. The SMILES string of the molecule is COCCOCCn1c(CCl)nc2cc(Cl)cnc21. The molecule has 0 N–H and O–H groups in total. The number of hydrogen-bond acceptors (Lipinski definition) is 4. The Balaban J connectivity index is 2.11. The maximum atomic E-state index is 5.90. The third-order valence-electron chi connectivity index (χ3n) is 2.64. The van der Waals surface area contributed by atoms with Gasteiger partial charge in [0.25, 0.3) is 0 Å². The predicted molar refractivity (Wildman–Crippen MR) is 74.8 cm³/mol. The van der Waals surface area contributed by atoms with Crippen LogP contribution in [0.1, 0.15) is 5.82 Å². The highest BCUT2D eigenvalue weighted by atomic mass is 35.5. The third-order valence-corrected chi connectivity index (χ3v) is 3.09. The van der Waals surface area contributed by atoms with Crippen LogP contribution in [0.4, 0.5) is 0 Å². The van der Waals surface area contributed by atoms with Gasteiger partial charge in [0.1, 0.15) is 11.3 Å². The van der Waals surface area contributed by atoms with Crippen LogP contribution in [0.5, 0.6) is 0 Å². The zero-order valence-electron chi connectivity index (χ0n) is 10.6. The molecule has 2 aromatic rings. The second-order valence-electron chi connectivity index (χ2n) is 3.91. The van der Waals surface area contributed by atoms with E-state index in [1.54, 1.807) is 19.4 Å². The predicted octanol–water partition coefficient (Wildman–Crippen LogP) is 2.49.